The second-order valence-electron chi connectivity index (χ2n) is 9.39. The number of hydrogen-bond donors (Lipinski definition) is 0. The van der Waals surface area contributed by atoms with Crippen molar-refractivity contribution in [3.63, 3.8) is 0 Å². The van der Waals surface area contributed by atoms with Gasteiger partial charge in [-0.05, 0) is 36.4 Å². The zero-order chi connectivity index (χ0) is 25.4. The van der Waals surface area contributed by atoms with E-state index >= 15 is 0 Å². The van der Waals surface area contributed by atoms with Crippen molar-refractivity contribution in [1.29, 1.82) is 0 Å². The Morgan fingerprint density at radius 3 is 1.29 bits per heavy atom. The lowest BCUT2D eigenvalue weighted by molar-refractivity contribution is 0.430. The summed E-state index contributed by atoms with van der Waals surface area (Å²) in [7, 11) is 0. The van der Waals surface area contributed by atoms with Crippen LogP contribution in [0.2, 0.25) is 0 Å². The van der Waals surface area contributed by atoms with Gasteiger partial charge in [-0.1, -0.05) is 109 Å². The van der Waals surface area contributed by atoms with Gasteiger partial charge in [0.25, 0.3) is 0 Å². The third kappa shape index (κ3) is 3.52. The zero-order valence-corrected chi connectivity index (χ0v) is 20.7. The molecule has 6 aromatic rings. The van der Waals surface area contributed by atoms with Gasteiger partial charge in [0.15, 0.2) is 0 Å². The predicted molar refractivity (Wildman–Crippen MR) is 151 cm³/mol. The molecule has 1 aliphatic heterocycles. The molecule has 0 bridgehead atoms. The minimum absolute atomic E-state index is 0.777. The van der Waals surface area contributed by atoms with Gasteiger partial charge in [0.2, 0.25) is 0 Å². The van der Waals surface area contributed by atoms with Crippen LogP contribution in [-0.2, 0) is 5.41 Å². The number of rotatable bonds is 4. The van der Waals surface area contributed by atoms with E-state index in [9.17, 15) is 0 Å². The van der Waals surface area contributed by atoms with E-state index in [1.165, 1.54) is 0 Å². The topological polar surface area (TPSA) is 35.0 Å². The third-order valence-corrected chi connectivity index (χ3v) is 7.21. The number of para-hydroxylation sites is 2. The van der Waals surface area contributed by atoms with E-state index in [1.54, 1.807) is 0 Å². The van der Waals surface area contributed by atoms with Gasteiger partial charge in [-0.25, -0.2) is 0 Å². The Hall–Kier alpha value is -5.02. The first-order valence-electron chi connectivity index (χ1n) is 12.8. The number of hydrogen-bond acceptors (Lipinski definition) is 3. The average molecular weight is 489 g/mol. The van der Waals surface area contributed by atoms with Crippen molar-refractivity contribution in [2.75, 3.05) is 0 Å². The highest BCUT2D eigenvalue weighted by Crippen LogP contribution is 2.54. The zero-order valence-electron chi connectivity index (χ0n) is 20.7. The maximum atomic E-state index is 6.45. The molecule has 3 heterocycles. The van der Waals surface area contributed by atoms with Gasteiger partial charge in [-0.3, -0.25) is 9.97 Å². The molecule has 0 amide bonds. The van der Waals surface area contributed by atoms with E-state index in [1.807, 2.05) is 60.7 Å². The van der Waals surface area contributed by atoms with Gasteiger partial charge < -0.3 is 4.74 Å². The smallest absolute Gasteiger partial charge is 0.132 e. The number of benzene rings is 4. The van der Waals surface area contributed by atoms with Crippen molar-refractivity contribution in [3.05, 3.63) is 168 Å². The lowest BCUT2D eigenvalue weighted by Crippen LogP contribution is -2.36. The van der Waals surface area contributed by atoms with Crippen LogP contribution in [0.3, 0.4) is 0 Å². The van der Waals surface area contributed by atoms with Gasteiger partial charge in [0, 0.05) is 22.3 Å². The molecular weight excluding hydrogens is 464 g/mol. The van der Waals surface area contributed by atoms with Crippen molar-refractivity contribution in [2.24, 2.45) is 0 Å². The standard InChI is InChI=1S/C35H24N2O/c1-3-13-25(14-4-1)29-19-11-23-33(36-29)35(34-24-12-20-30(37-34)26-15-5-2-6-16-26)27-17-7-9-21-31(27)38-32-22-10-8-18-28(32)35/h1-24H. The average Bonchev–Trinajstić information content (AvgIpc) is 3.01. The Morgan fingerprint density at radius 1 is 0.395 bits per heavy atom. The Labute approximate surface area is 222 Å². The molecule has 0 radical (unpaired) electrons. The highest BCUT2D eigenvalue weighted by molar-refractivity contribution is 5.70. The fourth-order valence-electron chi connectivity index (χ4n) is 5.50. The van der Waals surface area contributed by atoms with E-state index in [-0.39, 0.29) is 0 Å². The van der Waals surface area contributed by atoms with Gasteiger partial charge >= 0.3 is 0 Å². The first-order valence-corrected chi connectivity index (χ1v) is 12.8. The summed E-state index contributed by atoms with van der Waals surface area (Å²) in [6, 6.07) is 49.6. The van der Waals surface area contributed by atoms with Gasteiger partial charge in [-0.15, -0.1) is 0 Å². The van der Waals surface area contributed by atoms with Crippen molar-refractivity contribution in [2.45, 2.75) is 5.41 Å². The minimum Gasteiger partial charge on any atom is -0.457 e. The number of ether oxygens (including phenoxy) is 1. The molecule has 38 heavy (non-hydrogen) atoms. The van der Waals surface area contributed by atoms with Crippen LogP contribution in [0.4, 0.5) is 0 Å². The Kier molecular flexibility index (Phi) is 5.33. The molecule has 0 unspecified atom stereocenters. The van der Waals surface area contributed by atoms with E-state index in [2.05, 4.69) is 84.9 Å². The minimum atomic E-state index is -0.777. The van der Waals surface area contributed by atoms with E-state index in [0.29, 0.717) is 0 Å². The summed E-state index contributed by atoms with van der Waals surface area (Å²) < 4.78 is 6.45. The van der Waals surface area contributed by atoms with E-state index in [4.69, 9.17) is 14.7 Å². The maximum absolute atomic E-state index is 6.45. The highest BCUT2D eigenvalue weighted by atomic mass is 16.5. The highest BCUT2D eigenvalue weighted by Gasteiger charge is 2.47. The molecule has 0 spiro atoms. The maximum Gasteiger partial charge on any atom is 0.132 e. The second kappa shape index (κ2) is 9.13. The quantitative estimate of drug-likeness (QED) is 0.250. The summed E-state index contributed by atoms with van der Waals surface area (Å²) in [4.78, 5) is 10.6. The number of aromatic nitrogens is 2. The van der Waals surface area contributed by atoms with Crippen LogP contribution in [0.5, 0.6) is 11.5 Å². The lowest BCUT2D eigenvalue weighted by Gasteiger charge is -2.39. The first-order chi connectivity index (χ1) is 18.8. The summed E-state index contributed by atoms with van der Waals surface area (Å²) in [5.74, 6) is 1.62. The van der Waals surface area contributed by atoms with Crippen molar-refractivity contribution in [1.82, 2.24) is 9.97 Å². The summed E-state index contributed by atoms with van der Waals surface area (Å²) in [5.41, 5.74) is 7.06. The second-order valence-corrected chi connectivity index (χ2v) is 9.39. The molecule has 180 valence electrons. The van der Waals surface area contributed by atoms with E-state index < -0.39 is 5.41 Å². The molecule has 3 nitrogen and oxygen atoms in total. The molecule has 7 rings (SSSR count). The molecule has 1 aliphatic rings. The van der Waals surface area contributed by atoms with Crippen LogP contribution in [0.1, 0.15) is 22.5 Å². The Morgan fingerprint density at radius 2 is 0.816 bits per heavy atom. The predicted octanol–water partition coefficient (Wildman–Crippen LogP) is 8.30. The summed E-state index contributed by atoms with van der Waals surface area (Å²) in [5, 5.41) is 0. The molecular formula is C35H24N2O. The lowest BCUT2D eigenvalue weighted by atomic mass is 9.67. The molecule has 0 fully saturated rings. The van der Waals surface area contributed by atoms with Crippen molar-refractivity contribution < 1.29 is 4.74 Å². The molecule has 2 aromatic heterocycles. The van der Waals surface area contributed by atoms with Gasteiger partial charge in [-0.2, -0.15) is 0 Å². The Bertz CT molecular complexity index is 1610. The summed E-state index contributed by atoms with van der Waals surface area (Å²) >= 11 is 0. The van der Waals surface area contributed by atoms with Gasteiger partial charge in [0.1, 0.15) is 16.9 Å². The molecule has 0 N–H and O–H groups in total. The first kappa shape index (κ1) is 22.2. The molecule has 0 aliphatic carbocycles. The van der Waals surface area contributed by atoms with Crippen LogP contribution in [0.15, 0.2) is 146 Å². The fraction of sp³-hybridized carbons (Fsp3) is 0.0286. The summed E-state index contributed by atoms with van der Waals surface area (Å²) in [6.07, 6.45) is 0. The van der Waals surface area contributed by atoms with Crippen molar-refractivity contribution >= 4 is 0 Å². The molecule has 3 heteroatoms. The van der Waals surface area contributed by atoms with Crippen LogP contribution >= 0.6 is 0 Å². The number of pyridine rings is 2. The molecule has 0 saturated carbocycles. The van der Waals surface area contributed by atoms with Gasteiger partial charge in [0.05, 0.1) is 22.8 Å². The number of nitrogens with zero attached hydrogens (tertiary/aromatic N) is 2. The number of fused-ring (bicyclic) bond motifs is 2. The van der Waals surface area contributed by atoms with E-state index in [0.717, 1.165) is 56.5 Å². The van der Waals surface area contributed by atoms with Crippen LogP contribution in [0.25, 0.3) is 22.5 Å². The third-order valence-electron chi connectivity index (χ3n) is 7.21. The van der Waals surface area contributed by atoms with Crippen molar-refractivity contribution in [3.8, 4) is 34.0 Å². The normalized spacial score (nSPS) is 13.2. The van der Waals surface area contributed by atoms with Crippen LogP contribution < -0.4 is 4.74 Å². The van der Waals surface area contributed by atoms with Crippen LogP contribution in [0, 0.1) is 0 Å². The summed E-state index contributed by atoms with van der Waals surface area (Å²) in [6.45, 7) is 0. The fourth-order valence-corrected chi connectivity index (χ4v) is 5.50. The molecule has 0 saturated heterocycles. The Balaban J connectivity index is 1.57. The largest absolute Gasteiger partial charge is 0.457 e. The monoisotopic (exact) mass is 488 g/mol. The van der Waals surface area contributed by atoms with Crippen LogP contribution in [-0.4, -0.2) is 9.97 Å². The molecule has 0 atom stereocenters. The molecule has 4 aromatic carbocycles. The SMILES string of the molecule is c1ccc(-c2cccc(C3(c4cccc(-c5ccccc5)n4)c4ccccc4Oc4ccccc43)n2)cc1.